The van der Waals surface area contributed by atoms with Crippen LogP contribution in [0.1, 0.15) is 0 Å². The van der Waals surface area contributed by atoms with Gasteiger partial charge in [0.25, 0.3) is 0 Å². The first-order chi connectivity index (χ1) is 7.84. The summed E-state index contributed by atoms with van der Waals surface area (Å²) in [6, 6.07) is 17.9. The van der Waals surface area contributed by atoms with Crippen molar-refractivity contribution in [3.05, 3.63) is 60.7 Å². The predicted octanol–water partition coefficient (Wildman–Crippen LogP) is 3.53. The van der Waals surface area contributed by atoms with E-state index in [1.165, 1.54) is 0 Å². The van der Waals surface area contributed by atoms with Crippen LogP contribution in [0.25, 0.3) is 0 Å². The molecule has 1 radical (unpaired) electrons. The third kappa shape index (κ3) is 4.80. The molecule has 2 rings (SSSR count). The molecule has 0 aliphatic carbocycles. The molecule has 0 bridgehead atoms. The molecule has 0 atom stereocenters. The van der Waals surface area contributed by atoms with Crippen LogP contribution in [0.3, 0.4) is 0 Å². The van der Waals surface area contributed by atoms with E-state index in [2.05, 4.69) is 0 Å². The molecule has 0 saturated heterocycles. The van der Waals surface area contributed by atoms with Crippen molar-refractivity contribution >= 4 is 8.25 Å². The summed E-state index contributed by atoms with van der Waals surface area (Å²) >= 11 is 0. The van der Waals surface area contributed by atoms with E-state index in [9.17, 15) is 4.57 Å². The predicted molar refractivity (Wildman–Crippen MR) is 63.1 cm³/mol. The van der Waals surface area contributed by atoms with Gasteiger partial charge in [-0.05, 0) is 24.3 Å². The molecule has 0 N–H and O–H groups in total. The summed E-state index contributed by atoms with van der Waals surface area (Å²) < 4.78 is 21.8. The average molecular weight is 342 g/mol. The Morgan fingerprint density at radius 3 is 1.41 bits per heavy atom. The Kier molecular flexibility index (Phi) is 6.09. The van der Waals surface area contributed by atoms with Crippen LogP contribution in [-0.4, -0.2) is 0 Å². The maximum atomic E-state index is 11.5. The van der Waals surface area contributed by atoms with Gasteiger partial charge in [0.1, 0.15) is 11.5 Å². The Balaban J connectivity index is 0.00000144. The van der Waals surface area contributed by atoms with Gasteiger partial charge in [-0.25, -0.2) is 4.57 Å². The van der Waals surface area contributed by atoms with Crippen molar-refractivity contribution in [3.63, 3.8) is 0 Å². The van der Waals surface area contributed by atoms with E-state index in [1.807, 2.05) is 36.4 Å². The molecule has 5 heteroatoms. The summed E-state index contributed by atoms with van der Waals surface area (Å²) in [7, 11) is -2.54. The van der Waals surface area contributed by atoms with Gasteiger partial charge >= 0.3 is 8.25 Å². The monoisotopic (exact) mass is 341 g/mol. The van der Waals surface area contributed by atoms with Gasteiger partial charge in [-0.2, -0.15) is 0 Å². The van der Waals surface area contributed by atoms with Crippen LogP contribution >= 0.6 is 8.25 Å². The molecule has 2 aromatic rings. The molecule has 0 spiro atoms. The molecular weight excluding hydrogens is 331 g/mol. The Labute approximate surface area is 116 Å². The fourth-order valence-corrected chi connectivity index (χ4v) is 1.89. The van der Waals surface area contributed by atoms with E-state index in [-0.39, 0.29) is 22.4 Å². The Bertz CT molecular complexity index is 418. The van der Waals surface area contributed by atoms with E-state index < -0.39 is 8.25 Å². The maximum absolute atomic E-state index is 11.5. The first-order valence-electron chi connectivity index (χ1n) is 4.84. The number of para-hydroxylation sites is 2. The summed E-state index contributed by atoms with van der Waals surface area (Å²) in [4.78, 5) is 0. The zero-order valence-corrected chi connectivity index (χ0v) is 11.3. The summed E-state index contributed by atoms with van der Waals surface area (Å²) in [6.45, 7) is 0. The van der Waals surface area contributed by atoms with Crippen LogP contribution < -0.4 is 9.05 Å². The minimum atomic E-state index is -2.54. The van der Waals surface area contributed by atoms with E-state index >= 15 is 0 Å². The van der Waals surface area contributed by atoms with Gasteiger partial charge in [0, 0.05) is 22.4 Å². The average Bonchev–Trinajstić information content (AvgIpc) is 2.31. The van der Waals surface area contributed by atoms with E-state index in [1.54, 1.807) is 24.3 Å². The van der Waals surface area contributed by atoms with Crippen molar-refractivity contribution in [3.8, 4) is 11.5 Å². The van der Waals surface area contributed by atoms with Crippen LogP contribution in [0.5, 0.6) is 11.5 Å². The molecule has 2 aromatic carbocycles. The molecule has 17 heavy (non-hydrogen) atoms. The van der Waals surface area contributed by atoms with Crippen LogP contribution in [0.4, 0.5) is 0 Å². The van der Waals surface area contributed by atoms with Crippen molar-refractivity contribution in [1.82, 2.24) is 0 Å². The van der Waals surface area contributed by atoms with E-state index in [0.717, 1.165) is 0 Å². The normalized spacial score (nSPS) is 9.47. The Morgan fingerprint density at radius 1 is 0.706 bits per heavy atom. The van der Waals surface area contributed by atoms with E-state index in [4.69, 9.17) is 9.05 Å². The van der Waals surface area contributed by atoms with Gasteiger partial charge < -0.3 is 9.05 Å². The zero-order valence-electron chi connectivity index (χ0n) is 8.80. The fraction of sp³-hybridized carbons (Fsp3) is 0. The van der Waals surface area contributed by atoms with Crippen molar-refractivity contribution in [1.29, 1.82) is 0 Å². The van der Waals surface area contributed by atoms with Gasteiger partial charge in [0.2, 0.25) is 0 Å². The second kappa shape index (κ2) is 7.36. The van der Waals surface area contributed by atoms with Crippen LogP contribution in [0.15, 0.2) is 60.7 Å². The molecule has 0 amide bonds. The summed E-state index contributed by atoms with van der Waals surface area (Å²) in [5.41, 5.74) is 0. The summed E-state index contributed by atoms with van der Waals surface area (Å²) in [6.07, 6.45) is 0. The minimum absolute atomic E-state index is 0. The Morgan fingerprint density at radius 2 is 1.06 bits per heavy atom. The van der Waals surface area contributed by atoms with Gasteiger partial charge in [-0.15, -0.1) is 0 Å². The minimum Gasteiger partial charge on any atom is -0.418 e. The Hall–Kier alpha value is -0.990. The summed E-state index contributed by atoms with van der Waals surface area (Å²) in [5, 5.41) is 0. The first kappa shape index (κ1) is 14.1. The number of benzene rings is 2. The van der Waals surface area contributed by atoms with Crippen LogP contribution in [-0.2, 0) is 26.9 Å². The molecule has 0 aliphatic rings. The zero-order chi connectivity index (χ0) is 11.2. The molecule has 0 aliphatic heterocycles. The molecule has 0 saturated carbocycles. The molecule has 0 unspecified atom stereocenters. The smallest absolute Gasteiger partial charge is 0.418 e. The SMILES string of the molecule is O=[PH](Oc1ccccc1)Oc1ccccc1.[Ag]. The largest absolute Gasteiger partial charge is 0.418 e. The van der Waals surface area contributed by atoms with Crippen LogP contribution in [0.2, 0.25) is 0 Å². The topological polar surface area (TPSA) is 35.5 Å². The van der Waals surface area contributed by atoms with Gasteiger partial charge in [-0.3, -0.25) is 0 Å². The third-order valence-electron chi connectivity index (χ3n) is 1.89. The van der Waals surface area contributed by atoms with Gasteiger partial charge in [-0.1, -0.05) is 36.4 Å². The number of hydrogen-bond acceptors (Lipinski definition) is 3. The second-order valence-electron chi connectivity index (χ2n) is 3.08. The van der Waals surface area contributed by atoms with Crippen molar-refractivity contribution < 1.29 is 36.0 Å². The van der Waals surface area contributed by atoms with Crippen molar-refractivity contribution in [2.24, 2.45) is 0 Å². The quantitative estimate of drug-likeness (QED) is 0.630. The molecular formula is C12H11AgO3P. The van der Waals surface area contributed by atoms with Gasteiger partial charge in [0.05, 0.1) is 0 Å². The fourth-order valence-electron chi connectivity index (χ4n) is 1.19. The number of rotatable bonds is 4. The molecule has 93 valence electrons. The maximum Gasteiger partial charge on any atom is 0.418 e. The number of hydrogen-bond donors (Lipinski definition) is 0. The molecule has 0 aromatic heterocycles. The molecule has 0 fully saturated rings. The summed E-state index contributed by atoms with van der Waals surface area (Å²) in [5.74, 6) is 1.09. The first-order valence-corrected chi connectivity index (χ1v) is 6.07. The molecule has 3 nitrogen and oxygen atoms in total. The van der Waals surface area contributed by atoms with Crippen molar-refractivity contribution in [2.45, 2.75) is 0 Å². The second-order valence-corrected chi connectivity index (χ2v) is 3.99. The molecule has 0 heterocycles. The third-order valence-corrected chi connectivity index (χ3v) is 2.69. The standard InChI is InChI=1S/C12H11O3P.Ag/c13-16(14-11-7-3-1-4-8-11)15-12-9-5-2-6-10-12;/h1-10,16H;. The van der Waals surface area contributed by atoms with Crippen molar-refractivity contribution in [2.75, 3.05) is 0 Å². The van der Waals surface area contributed by atoms with Crippen LogP contribution in [0, 0.1) is 0 Å². The van der Waals surface area contributed by atoms with Gasteiger partial charge in [0.15, 0.2) is 0 Å². The van der Waals surface area contributed by atoms with E-state index in [0.29, 0.717) is 11.5 Å².